The van der Waals surface area contributed by atoms with Gasteiger partial charge in [-0.3, -0.25) is 15.1 Å². The highest BCUT2D eigenvalue weighted by Crippen LogP contribution is 2.13. The SMILES string of the molecule is CNC(C)(C)Cc1ccc([N+](=O)[O-])cn1. The minimum absolute atomic E-state index is 0.0287. The van der Waals surface area contributed by atoms with Gasteiger partial charge in [0.2, 0.25) is 0 Å². The minimum Gasteiger partial charge on any atom is -0.314 e. The van der Waals surface area contributed by atoms with Gasteiger partial charge in [-0.1, -0.05) is 0 Å². The Morgan fingerprint density at radius 1 is 1.53 bits per heavy atom. The number of pyridine rings is 1. The number of hydrogen-bond donors (Lipinski definition) is 1. The molecule has 1 rings (SSSR count). The van der Waals surface area contributed by atoms with Crippen LogP contribution in [0.15, 0.2) is 18.3 Å². The number of aromatic nitrogens is 1. The van der Waals surface area contributed by atoms with Crippen molar-refractivity contribution in [3.63, 3.8) is 0 Å². The Kier molecular flexibility index (Phi) is 3.36. The van der Waals surface area contributed by atoms with Crippen molar-refractivity contribution >= 4 is 5.69 Å². The molecule has 0 aliphatic carbocycles. The molecular weight excluding hydrogens is 194 g/mol. The number of nitrogens with zero attached hydrogens (tertiary/aromatic N) is 2. The van der Waals surface area contributed by atoms with Gasteiger partial charge in [-0.05, 0) is 27.0 Å². The minimum atomic E-state index is -0.444. The quantitative estimate of drug-likeness (QED) is 0.603. The van der Waals surface area contributed by atoms with Crippen molar-refractivity contribution in [1.29, 1.82) is 0 Å². The number of hydrogen-bond acceptors (Lipinski definition) is 4. The van der Waals surface area contributed by atoms with E-state index in [0.29, 0.717) is 0 Å². The lowest BCUT2D eigenvalue weighted by Crippen LogP contribution is -2.38. The fourth-order valence-electron chi connectivity index (χ4n) is 1.17. The summed E-state index contributed by atoms with van der Waals surface area (Å²) in [7, 11) is 1.88. The third-order valence-corrected chi connectivity index (χ3v) is 2.32. The molecule has 0 aliphatic rings. The third kappa shape index (κ3) is 3.28. The number of nitro groups is 1. The van der Waals surface area contributed by atoms with E-state index in [4.69, 9.17) is 0 Å². The van der Waals surface area contributed by atoms with Crippen LogP contribution in [0, 0.1) is 10.1 Å². The monoisotopic (exact) mass is 209 g/mol. The van der Waals surface area contributed by atoms with Crippen LogP contribution in [0.5, 0.6) is 0 Å². The van der Waals surface area contributed by atoms with Crippen LogP contribution in [0.2, 0.25) is 0 Å². The van der Waals surface area contributed by atoms with E-state index < -0.39 is 4.92 Å². The average molecular weight is 209 g/mol. The smallest absolute Gasteiger partial charge is 0.287 e. The van der Waals surface area contributed by atoms with E-state index >= 15 is 0 Å². The first-order valence-corrected chi connectivity index (χ1v) is 4.73. The fourth-order valence-corrected chi connectivity index (χ4v) is 1.17. The molecular formula is C10H15N3O2. The molecule has 1 N–H and O–H groups in total. The number of likely N-dealkylation sites (N-methyl/N-ethyl adjacent to an activating group) is 1. The molecule has 0 atom stereocenters. The Balaban J connectivity index is 2.77. The van der Waals surface area contributed by atoms with Gasteiger partial charge in [0.25, 0.3) is 5.69 Å². The summed E-state index contributed by atoms with van der Waals surface area (Å²) in [6.07, 6.45) is 2.03. The zero-order chi connectivity index (χ0) is 11.5. The number of rotatable bonds is 4. The molecule has 0 aromatic carbocycles. The van der Waals surface area contributed by atoms with Crippen LogP contribution in [0.1, 0.15) is 19.5 Å². The standard InChI is InChI=1S/C10H15N3O2/c1-10(2,11-3)6-8-4-5-9(7-12-8)13(14)15/h4-5,7,11H,6H2,1-3H3. The maximum absolute atomic E-state index is 10.4. The van der Waals surface area contributed by atoms with Crippen molar-refractivity contribution in [2.24, 2.45) is 0 Å². The largest absolute Gasteiger partial charge is 0.314 e. The highest BCUT2D eigenvalue weighted by Gasteiger charge is 2.16. The Morgan fingerprint density at radius 2 is 2.20 bits per heavy atom. The predicted octanol–water partition coefficient (Wildman–Crippen LogP) is 1.53. The van der Waals surface area contributed by atoms with Crippen molar-refractivity contribution in [1.82, 2.24) is 10.3 Å². The first-order chi connectivity index (χ1) is 6.94. The lowest BCUT2D eigenvalue weighted by molar-refractivity contribution is -0.385. The maximum atomic E-state index is 10.4. The second-order valence-electron chi connectivity index (χ2n) is 4.08. The second-order valence-corrected chi connectivity index (χ2v) is 4.08. The predicted molar refractivity (Wildman–Crippen MR) is 57.7 cm³/mol. The van der Waals surface area contributed by atoms with E-state index in [-0.39, 0.29) is 11.2 Å². The molecule has 0 unspecified atom stereocenters. The van der Waals surface area contributed by atoms with Gasteiger partial charge in [0.05, 0.1) is 4.92 Å². The molecule has 0 saturated heterocycles. The molecule has 0 radical (unpaired) electrons. The van der Waals surface area contributed by atoms with Gasteiger partial charge in [0, 0.05) is 23.7 Å². The summed E-state index contributed by atoms with van der Waals surface area (Å²) in [5.74, 6) is 0. The summed E-state index contributed by atoms with van der Waals surface area (Å²) in [5.41, 5.74) is 0.823. The summed E-state index contributed by atoms with van der Waals surface area (Å²) in [6.45, 7) is 4.10. The zero-order valence-corrected chi connectivity index (χ0v) is 9.15. The van der Waals surface area contributed by atoms with Crippen molar-refractivity contribution < 1.29 is 4.92 Å². The number of nitrogens with one attached hydrogen (secondary N) is 1. The highest BCUT2D eigenvalue weighted by atomic mass is 16.6. The summed E-state index contributed by atoms with van der Waals surface area (Å²) >= 11 is 0. The van der Waals surface area contributed by atoms with Gasteiger partial charge >= 0.3 is 0 Å². The van der Waals surface area contributed by atoms with Gasteiger partial charge in [-0.25, -0.2) is 0 Å². The topological polar surface area (TPSA) is 68.1 Å². The summed E-state index contributed by atoms with van der Waals surface area (Å²) in [5, 5.41) is 13.6. The molecule has 1 aromatic heterocycles. The van der Waals surface area contributed by atoms with Crippen LogP contribution in [0.3, 0.4) is 0 Å². The molecule has 0 bridgehead atoms. The Labute approximate surface area is 88.7 Å². The van der Waals surface area contributed by atoms with Gasteiger partial charge < -0.3 is 5.32 Å². The third-order valence-electron chi connectivity index (χ3n) is 2.32. The normalized spacial score (nSPS) is 11.4. The molecule has 1 heterocycles. The molecule has 82 valence electrons. The van der Waals surface area contributed by atoms with Gasteiger partial charge in [0.15, 0.2) is 0 Å². The van der Waals surface area contributed by atoms with E-state index in [1.807, 2.05) is 7.05 Å². The summed E-state index contributed by atoms with van der Waals surface area (Å²) < 4.78 is 0. The Bertz CT molecular complexity index is 346. The van der Waals surface area contributed by atoms with E-state index in [1.54, 1.807) is 6.07 Å². The van der Waals surface area contributed by atoms with Gasteiger partial charge in [0.1, 0.15) is 6.20 Å². The van der Waals surface area contributed by atoms with E-state index in [2.05, 4.69) is 24.1 Å². The molecule has 0 spiro atoms. The molecule has 0 fully saturated rings. The highest BCUT2D eigenvalue weighted by molar-refractivity contribution is 5.27. The maximum Gasteiger partial charge on any atom is 0.287 e. The lowest BCUT2D eigenvalue weighted by atomic mass is 9.98. The molecule has 5 nitrogen and oxygen atoms in total. The van der Waals surface area contributed by atoms with E-state index in [9.17, 15) is 10.1 Å². The Morgan fingerprint density at radius 3 is 2.60 bits per heavy atom. The fraction of sp³-hybridized carbons (Fsp3) is 0.500. The molecule has 5 heteroatoms. The molecule has 1 aromatic rings. The Hall–Kier alpha value is -1.49. The van der Waals surface area contributed by atoms with Crippen molar-refractivity contribution in [3.05, 3.63) is 34.1 Å². The summed E-state index contributed by atoms with van der Waals surface area (Å²) in [4.78, 5) is 14.0. The molecule has 0 amide bonds. The molecule has 0 aliphatic heterocycles. The van der Waals surface area contributed by atoms with Crippen LogP contribution in [0.4, 0.5) is 5.69 Å². The summed E-state index contributed by atoms with van der Waals surface area (Å²) in [6, 6.07) is 3.17. The van der Waals surface area contributed by atoms with Crippen molar-refractivity contribution in [2.75, 3.05) is 7.05 Å². The first-order valence-electron chi connectivity index (χ1n) is 4.73. The van der Waals surface area contributed by atoms with Crippen LogP contribution in [-0.2, 0) is 6.42 Å². The second kappa shape index (κ2) is 4.35. The molecule has 15 heavy (non-hydrogen) atoms. The van der Waals surface area contributed by atoms with Gasteiger partial charge in [-0.15, -0.1) is 0 Å². The zero-order valence-electron chi connectivity index (χ0n) is 9.15. The van der Waals surface area contributed by atoms with Crippen molar-refractivity contribution in [2.45, 2.75) is 25.8 Å². The lowest BCUT2D eigenvalue weighted by Gasteiger charge is -2.23. The van der Waals surface area contributed by atoms with E-state index in [0.717, 1.165) is 12.1 Å². The van der Waals surface area contributed by atoms with Crippen molar-refractivity contribution in [3.8, 4) is 0 Å². The van der Waals surface area contributed by atoms with Gasteiger partial charge in [-0.2, -0.15) is 0 Å². The van der Waals surface area contributed by atoms with Crippen LogP contribution < -0.4 is 5.32 Å². The van der Waals surface area contributed by atoms with E-state index in [1.165, 1.54) is 12.3 Å². The van der Waals surface area contributed by atoms with Crippen LogP contribution in [-0.4, -0.2) is 22.5 Å². The van der Waals surface area contributed by atoms with Crippen LogP contribution >= 0.6 is 0 Å². The first kappa shape index (κ1) is 11.6. The van der Waals surface area contributed by atoms with Crippen LogP contribution in [0.25, 0.3) is 0 Å². The molecule has 0 saturated carbocycles. The average Bonchev–Trinajstić information content (AvgIpc) is 2.18.